The van der Waals surface area contributed by atoms with Gasteiger partial charge in [-0.3, -0.25) is 9.59 Å². The molecular weight excluding hydrogens is 332 g/mol. The van der Waals surface area contributed by atoms with Crippen LogP contribution in [-0.4, -0.2) is 43.0 Å². The Morgan fingerprint density at radius 3 is 2.50 bits per heavy atom. The zero-order valence-electron chi connectivity index (χ0n) is 15.4. The van der Waals surface area contributed by atoms with Crippen LogP contribution in [0.5, 0.6) is 11.5 Å². The van der Waals surface area contributed by atoms with Gasteiger partial charge in [-0.15, -0.1) is 0 Å². The van der Waals surface area contributed by atoms with Gasteiger partial charge in [-0.2, -0.15) is 0 Å². The molecule has 2 aliphatic rings. The molecule has 6 heteroatoms. The maximum absolute atomic E-state index is 12.7. The Labute approximate surface area is 154 Å². The van der Waals surface area contributed by atoms with E-state index in [1.54, 1.807) is 4.90 Å². The van der Waals surface area contributed by atoms with Crippen molar-refractivity contribution in [1.82, 2.24) is 10.2 Å². The second-order valence-corrected chi connectivity index (χ2v) is 7.28. The monoisotopic (exact) mass is 358 g/mol. The molecule has 1 aromatic carbocycles. The first-order valence-electron chi connectivity index (χ1n) is 9.04. The molecule has 2 amide bonds. The summed E-state index contributed by atoms with van der Waals surface area (Å²) in [7, 11) is 0. The van der Waals surface area contributed by atoms with Gasteiger partial charge in [-0.25, -0.2) is 0 Å². The zero-order chi connectivity index (χ0) is 18.7. The van der Waals surface area contributed by atoms with Gasteiger partial charge >= 0.3 is 0 Å². The summed E-state index contributed by atoms with van der Waals surface area (Å²) in [4.78, 5) is 26.1. The number of likely N-dealkylation sites (tertiary alicyclic amines) is 1. The number of carbonyl (C=O) groups is 2. The molecule has 0 aromatic heterocycles. The first kappa shape index (κ1) is 18.3. The number of rotatable bonds is 4. The van der Waals surface area contributed by atoms with E-state index in [0.29, 0.717) is 44.9 Å². The Hall–Kier alpha value is -2.50. The molecule has 1 N–H and O–H groups in total. The molecule has 2 aliphatic heterocycles. The molecule has 26 heavy (non-hydrogen) atoms. The molecule has 1 aromatic rings. The lowest BCUT2D eigenvalue weighted by atomic mass is 9.90. The molecule has 6 nitrogen and oxygen atoms in total. The van der Waals surface area contributed by atoms with Crippen LogP contribution in [0.1, 0.15) is 32.3 Å². The molecule has 0 unspecified atom stereocenters. The normalized spacial score (nSPS) is 17.5. The van der Waals surface area contributed by atoms with E-state index in [1.807, 2.05) is 32.0 Å². The molecule has 0 aliphatic carbocycles. The smallest absolute Gasteiger partial charge is 0.245 e. The highest BCUT2D eigenvalue weighted by atomic mass is 16.6. The van der Waals surface area contributed by atoms with Crippen molar-refractivity contribution in [3.8, 4) is 11.5 Å². The van der Waals surface area contributed by atoms with E-state index in [4.69, 9.17) is 9.47 Å². The van der Waals surface area contributed by atoms with E-state index in [2.05, 4.69) is 11.9 Å². The number of carbonyl (C=O) groups excluding carboxylic acids is 2. The minimum absolute atomic E-state index is 0.0237. The standard InChI is InChI=1S/C20H26N2O4/c1-4-18(23)22-9-7-14(8-10-22)19(24)21-20(2,3)15-5-6-16-17(13-15)26-12-11-25-16/h4-6,13-14H,1,7-12H2,2-3H3,(H,21,24). The molecule has 140 valence electrons. The fourth-order valence-electron chi connectivity index (χ4n) is 3.41. The van der Waals surface area contributed by atoms with Gasteiger partial charge in [-0.1, -0.05) is 12.6 Å². The summed E-state index contributed by atoms with van der Waals surface area (Å²) in [5.74, 6) is 1.32. The van der Waals surface area contributed by atoms with Crippen molar-refractivity contribution < 1.29 is 19.1 Å². The Bertz CT molecular complexity index is 706. The molecular formula is C20H26N2O4. The molecule has 2 heterocycles. The highest BCUT2D eigenvalue weighted by molar-refractivity contribution is 5.87. The van der Waals surface area contributed by atoms with Gasteiger partial charge in [0, 0.05) is 19.0 Å². The first-order chi connectivity index (χ1) is 12.4. The molecule has 0 bridgehead atoms. The van der Waals surface area contributed by atoms with E-state index < -0.39 is 5.54 Å². The van der Waals surface area contributed by atoms with E-state index in [1.165, 1.54) is 6.08 Å². The van der Waals surface area contributed by atoms with Crippen molar-refractivity contribution in [1.29, 1.82) is 0 Å². The number of hydrogen-bond donors (Lipinski definition) is 1. The van der Waals surface area contributed by atoms with Gasteiger partial charge in [0.25, 0.3) is 0 Å². The van der Waals surface area contributed by atoms with Crippen molar-refractivity contribution in [2.45, 2.75) is 32.2 Å². The predicted molar refractivity (Wildman–Crippen MR) is 98.1 cm³/mol. The van der Waals surface area contributed by atoms with Crippen molar-refractivity contribution in [3.05, 3.63) is 36.4 Å². The molecule has 0 saturated carbocycles. The van der Waals surface area contributed by atoms with Crippen LogP contribution in [0, 0.1) is 5.92 Å². The van der Waals surface area contributed by atoms with Gasteiger partial charge in [-0.05, 0) is 50.5 Å². The first-order valence-corrected chi connectivity index (χ1v) is 9.04. The molecule has 3 rings (SSSR count). The van der Waals surface area contributed by atoms with Gasteiger partial charge in [0.15, 0.2) is 11.5 Å². The van der Waals surface area contributed by atoms with E-state index in [0.717, 1.165) is 11.3 Å². The van der Waals surface area contributed by atoms with Crippen molar-refractivity contribution in [2.75, 3.05) is 26.3 Å². The van der Waals surface area contributed by atoms with Gasteiger partial charge in [0.2, 0.25) is 11.8 Å². The maximum Gasteiger partial charge on any atom is 0.245 e. The van der Waals surface area contributed by atoms with Crippen LogP contribution in [-0.2, 0) is 15.1 Å². The third kappa shape index (κ3) is 3.84. The van der Waals surface area contributed by atoms with Gasteiger partial charge < -0.3 is 19.7 Å². The predicted octanol–water partition coefficient (Wildman–Crippen LogP) is 2.23. The van der Waals surface area contributed by atoms with Crippen molar-refractivity contribution in [2.24, 2.45) is 5.92 Å². The Kier molecular flexibility index (Phi) is 5.20. The summed E-state index contributed by atoms with van der Waals surface area (Å²) in [5.41, 5.74) is 0.440. The largest absolute Gasteiger partial charge is 0.486 e. The van der Waals surface area contributed by atoms with E-state index in [-0.39, 0.29) is 17.7 Å². The average molecular weight is 358 g/mol. The molecule has 0 spiro atoms. The third-order valence-corrected chi connectivity index (χ3v) is 5.05. The number of hydrogen-bond acceptors (Lipinski definition) is 4. The van der Waals surface area contributed by atoms with Crippen LogP contribution in [0.2, 0.25) is 0 Å². The molecule has 1 saturated heterocycles. The summed E-state index contributed by atoms with van der Waals surface area (Å²) >= 11 is 0. The average Bonchev–Trinajstić information content (AvgIpc) is 2.66. The van der Waals surface area contributed by atoms with Crippen LogP contribution in [0.4, 0.5) is 0 Å². The maximum atomic E-state index is 12.7. The summed E-state index contributed by atoms with van der Waals surface area (Å²) < 4.78 is 11.2. The lowest BCUT2D eigenvalue weighted by molar-refractivity contribution is -0.133. The zero-order valence-corrected chi connectivity index (χ0v) is 15.4. The Balaban J connectivity index is 1.63. The van der Waals surface area contributed by atoms with Crippen molar-refractivity contribution >= 4 is 11.8 Å². The van der Waals surface area contributed by atoms with Crippen molar-refractivity contribution in [3.63, 3.8) is 0 Å². The van der Waals surface area contributed by atoms with Gasteiger partial charge in [0.05, 0.1) is 5.54 Å². The van der Waals surface area contributed by atoms with Crippen LogP contribution in [0.3, 0.4) is 0 Å². The number of nitrogens with zero attached hydrogens (tertiary/aromatic N) is 1. The SMILES string of the molecule is C=CC(=O)N1CCC(C(=O)NC(C)(C)c2ccc3c(c2)OCCO3)CC1. The highest BCUT2D eigenvalue weighted by Gasteiger charge is 2.31. The third-order valence-electron chi connectivity index (χ3n) is 5.05. The topological polar surface area (TPSA) is 67.9 Å². The number of ether oxygens (including phenoxy) is 2. The number of piperidine rings is 1. The second kappa shape index (κ2) is 7.40. The molecule has 0 atom stereocenters. The molecule has 0 radical (unpaired) electrons. The fourth-order valence-corrected chi connectivity index (χ4v) is 3.41. The number of benzene rings is 1. The minimum Gasteiger partial charge on any atom is -0.486 e. The quantitative estimate of drug-likeness (QED) is 0.838. The van der Waals surface area contributed by atoms with Crippen LogP contribution in [0.15, 0.2) is 30.9 Å². The highest BCUT2D eigenvalue weighted by Crippen LogP contribution is 2.34. The number of nitrogens with one attached hydrogen (secondary N) is 1. The summed E-state index contributed by atoms with van der Waals surface area (Å²) in [5, 5.41) is 3.15. The van der Waals surface area contributed by atoms with Gasteiger partial charge in [0.1, 0.15) is 13.2 Å². The lowest BCUT2D eigenvalue weighted by Gasteiger charge is -2.34. The summed E-state index contributed by atoms with van der Waals surface area (Å²) in [6, 6.07) is 5.77. The minimum atomic E-state index is -0.527. The fraction of sp³-hybridized carbons (Fsp3) is 0.500. The summed E-state index contributed by atoms with van der Waals surface area (Å²) in [6.45, 7) is 9.74. The van der Waals surface area contributed by atoms with Crippen LogP contribution in [0.25, 0.3) is 0 Å². The number of amides is 2. The number of fused-ring (bicyclic) bond motifs is 1. The molecule has 1 fully saturated rings. The van der Waals surface area contributed by atoms with E-state index >= 15 is 0 Å². The lowest BCUT2D eigenvalue weighted by Crippen LogP contribution is -2.47. The second-order valence-electron chi connectivity index (χ2n) is 7.28. The Morgan fingerprint density at radius 2 is 1.85 bits per heavy atom. The van der Waals surface area contributed by atoms with Crippen LogP contribution < -0.4 is 14.8 Å². The van der Waals surface area contributed by atoms with E-state index in [9.17, 15) is 9.59 Å². The Morgan fingerprint density at radius 1 is 1.19 bits per heavy atom. The summed E-state index contributed by atoms with van der Waals surface area (Å²) in [6.07, 6.45) is 2.66. The van der Waals surface area contributed by atoms with Crippen LogP contribution >= 0.6 is 0 Å².